The Morgan fingerprint density at radius 2 is 1.62 bits per heavy atom. The molecule has 29 heavy (non-hydrogen) atoms. The summed E-state index contributed by atoms with van der Waals surface area (Å²) in [6.45, 7) is 6.37. The molecular weight excluding hydrogens is 382 g/mol. The van der Waals surface area contributed by atoms with Crippen LogP contribution >= 0.6 is 11.8 Å². The first-order valence-electron chi connectivity index (χ1n) is 9.25. The van der Waals surface area contributed by atoms with E-state index < -0.39 is 6.03 Å². The highest BCUT2D eigenvalue weighted by atomic mass is 32.2. The summed E-state index contributed by atoms with van der Waals surface area (Å²) in [6, 6.07) is 16.9. The van der Waals surface area contributed by atoms with Crippen molar-refractivity contribution in [3.05, 3.63) is 72.6 Å². The Bertz CT molecular complexity index is 983. The summed E-state index contributed by atoms with van der Waals surface area (Å²) in [5.41, 5.74) is 8.09. The minimum absolute atomic E-state index is 0.0740. The fourth-order valence-corrected chi connectivity index (χ4v) is 3.72. The van der Waals surface area contributed by atoms with Gasteiger partial charge in [0.05, 0.1) is 18.5 Å². The van der Waals surface area contributed by atoms with Gasteiger partial charge in [0.2, 0.25) is 0 Å². The first kappa shape index (κ1) is 20.7. The molecule has 150 valence electrons. The van der Waals surface area contributed by atoms with E-state index in [-0.39, 0.29) is 5.41 Å². The second kappa shape index (κ2) is 8.57. The van der Waals surface area contributed by atoms with Crippen LogP contribution in [0.1, 0.15) is 26.3 Å². The second-order valence-electron chi connectivity index (χ2n) is 7.59. The van der Waals surface area contributed by atoms with E-state index in [0.717, 1.165) is 15.4 Å². The second-order valence-corrected chi connectivity index (χ2v) is 8.74. The minimum atomic E-state index is -0.566. The third kappa shape index (κ3) is 4.90. The van der Waals surface area contributed by atoms with Crippen LogP contribution in [0.4, 0.5) is 16.2 Å². The average molecular weight is 408 g/mol. The van der Waals surface area contributed by atoms with Crippen molar-refractivity contribution < 1.29 is 9.53 Å². The summed E-state index contributed by atoms with van der Waals surface area (Å²) in [6.07, 6.45) is 3.53. The van der Waals surface area contributed by atoms with Crippen molar-refractivity contribution >= 4 is 29.2 Å². The van der Waals surface area contributed by atoms with E-state index in [2.05, 4.69) is 25.8 Å². The highest BCUT2D eigenvalue weighted by molar-refractivity contribution is 7.99. The van der Waals surface area contributed by atoms with Gasteiger partial charge in [-0.25, -0.2) is 4.79 Å². The number of hydrogen-bond donors (Lipinski definition) is 1. The fourth-order valence-electron chi connectivity index (χ4n) is 2.92. The van der Waals surface area contributed by atoms with E-state index >= 15 is 0 Å². The molecule has 0 atom stereocenters. The highest BCUT2D eigenvalue weighted by Crippen LogP contribution is 2.38. The topological polar surface area (TPSA) is 68.5 Å². The molecule has 0 radical (unpaired) electrons. The van der Waals surface area contributed by atoms with Gasteiger partial charge in [0, 0.05) is 22.2 Å². The van der Waals surface area contributed by atoms with Crippen molar-refractivity contribution in [1.29, 1.82) is 0 Å². The Hall–Kier alpha value is -2.99. The number of carbonyl (C=O) groups is 1. The number of pyridine rings is 1. The normalized spacial score (nSPS) is 11.2. The van der Waals surface area contributed by atoms with Crippen LogP contribution in [0, 0.1) is 0 Å². The number of aromatic nitrogens is 1. The summed E-state index contributed by atoms with van der Waals surface area (Å²) in [5, 5.41) is 0. The Balaban J connectivity index is 1.97. The van der Waals surface area contributed by atoms with Crippen molar-refractivity contribution in [3.63, 3.8) is 0 Å². The number of nitrogens with two attached hydrogens (primary N) is 1. The van der Waals surface area contributed by atoms with Crippen LogP contribution < -0.4 is 15.4 Å². The summed E-state index contributed by atoms with van der Waals surface area (Å²) in [7, 11) is 1.59. The van der Waals surface area contributed by atoms with Gasteiger partial charge < -0.3 is 10.5 Å². The number of rotatable bonds is 5. The molecule has 0 bridgehead atoms. The van der Waals surface area contributed by atoms with Gasteiger partial charge in [0.15, 0.2) is 0 Å². The third-order valence-corrected chi connectivity index (χ3v) is 5.50. The molecule has 0 fully saturated rings. The Labute approximate surface area is 175 Å². The zero-order valence-corrected chi connectivity index (χ0v) is 17.9. The van der Waals surface area contributed by atoms with Crippen molar-refractivity contribution in [2.75, 3.05) is 12.0 Å². The van der Waals surface area contributed by atoms with Gasteiger partial charge in [-0.3, -0.25) is 9.88 Å². The van der Waals surface area contributed by atoms with E-state index in [1.165, 1.54) is 4.90 Å². The van der Waals surface area contributed by atoms with Crippen LogP contribution in [0.15, 0.2) is 76.8 Å². The predicted octanol–water partition coefficient (Wildman–Crippen LogP) is 5.76. The SMILES string of the molecule is COc1ccc(C(C)(C)C)cc1N(C(N)=O)c1ccc(Sc2ccncc2)cc1. The lowest BCUT2D eigenvalue weighted by Gasteiger charge is -2.26. The molecule has 0 saturated carbocycles. The van der Waals surface area contributed by atoms with Crippen LogP contribution in [0.2, 0.25) is 0 Å². The Kier molecular flexibility index (Phi) is 6.13. The van der Waals surface area contributed by atoms with Crippen molar-refractivity contribution in [3.8, 4) is 5.75 Å². The van der Waals surface area contributed by atoms with Gasteiger partial charge in [-0.2, -0.15) is 0 Å². The molecule has 0 aliphatic carbocycles. The molecule has 0 unspecified atom stereocenters. The van der Waals surface area contributed by atoms with Crippen LogP contribution in [-0.4, -0.2) is 18.1 Å². The van der Waals surface area contributed by atoms with Crippen molar-refractivity contribution in [2.45, 2.75) is 36.0 Å². The largest absolute Gasteiger partial charge is 0.495 e. The number of anilines is 2. The molecule has 6 heteroatoms. The van der Waals surface area contributed by atoms with Crippen LogP contribution in [-0.2, 0) is 5.41 Å². The zero-order valence-electron chi connectivity index (χ0n) is 17.0. The molecule has 2 amide bonds. The third-order valence-electron chi connectivity index (χ3n) is 4.49. The van der Waals surface area contributed by atoms with Crippen LogP contribution in [0.5, 0.6) is 5.75 Å². The number of primary amides is 1. The lowest BCUT2D eigenvalue weighted by atomic mass is 9.86. The molecule has 0 aliphatic heterocycles. The fraction of sp³-hybridized carbons (Fsp3) is 0.217. The number of methoxy groups -OCH3 is 1. The van der Waals surface area contributed by atoms with E-state index in [0.29, 0.717) is 17.1 Å². The molecule has 0 aliphatic rings. The Morgan fingerprint density at radius 3 is 2.17 bits per heavy atom. The van der Waals surface area contributed by atoms with Gasteiger partial charge in [-0.05, 0) is 59.5 Å². The van der Waals surface area contributed by atoms with E-state index in [9.17, 15) is 4.79 Å². The van der Waals surface area contributed by atoms with Gasteiger partial charge >= 0.3 is 6.03 Å². The summed E-state index contributed by atoms with van der Waals surface area (Å²) < 4.78 is 5.51. The number of carbonyl (C=O) groups excluding carboxylic acids is 1. The summed E-state index contributed by atoms with van der Waals surface area (Å²) in [4.78, 5) is 20.1. The van der Waals surface area contributed by atoms with Crippen molar-refractivity contribution in [1.82, 2.24) is 4.98 Å². The number of ether oxygens (including phenoxy) is 1. The molecule has 1 heterocycles. The summed E-state index contributed by atoms with van der Waals surface area (Å²) >= 11 is 1.63. The first-order valence-corrected chi connectivity index (χ1v) is 10.1. The van der Waals surface area contributed by atoms with Crippen LogP contribution in [0.25, 0.3) is 0 Å². The predicted molar refractivity (Wildman–Crippen MR) is 118 cm³/mol. The maximum atomic E-state index is 12.4. The first-order chi connectivity index (χ1) is 13.8. The maximum Gasteiger partial charge on any atom is 0.324 e. The molecule has 5 nitrogen and oxygen atoms in total. The number of hydrogen-bond acceptors (Lipinski definition) is 4. The van der Waals surface area contributed by atoms with Gasteiger partial charge in [-0.1, -0.05) is 38.6 Å². The molecule has 3 aromatic rings. The van der Waals surface area contributed by atoms with Crippen molar-refractivity contribution in [2.24, 2.45) is 5.73 Å². The molecule has 1 aromatic heterocycles. The number of urea groups is 1. The number of benzene rings is 2. The van der Waals surface area contributed by atoms with Gasteiger partial charge in [-0.15, -0.1) is 0 Å². The molecule has 2 N–H and O–H groups in total. The smallest absolute Gasteiger partial charge is 0.324 e. The van der Waals surface area contributed by atoms with E-state index in [1.54, 1.807) is 31.3 Å². The number of amides is 2. The van der Waals surface area contributed by atoms with Crippen LogP contribution in [0.3, 0.4) is 0 Å². The quantitative estimate of drug-likeness (QED) is 0.584. The lowest BCUT2D eigenvalue weighted by molar-refractivity contribution is 0.256. The molecule has 3 rings (SSSR count). The van der Waals surface area contributed by atoms with E-state index in [1.807, 2.05) is 54.6 Å². The lowest BCUT2D eigenvalue weighted by Crippen LogP contribution is -2.32. The average Bonchev–Trinajstić information content (AvgIpc) is 2.69. The standard InChI is InChI=1S/C23H25N3O2S/c1-23(2,3)16-5-10-21(28-4)20(15-16)26(22(24)27)17-6-8-18(9-7-17)29-19-11-13-25-14-12-19/h5-15H,1-4H3,(H2,24,27). The number of nitrogens with zero attached hydrogens (tertiary/aromatic N) is 2. The Morgan fingerprint density at radius 1 is 1.00 bits per heavy atom. The molecule has 2 aromatic carbocycles. The van der Waals surface area contributed by atoms with Gasteiger partial charge in [0.1, 0.15) is 5.75 Å². The molecule has 0 spiro atoms. The highest BCUT2D eigenvalue weighted by Gasteiger charge is 2.23. The minimum Gasteiger partial charge on any atom is -0.495 e. The van der Waals surface area contributed by atoms with Gasteiger partial charge in [0.25, 0.3) is 0 Å². The monoisotopic (exact) mass is 407 g/mol. The van der Waals surface area contributed by atoms with E-state index in [4.69, 9.17) is 10.5 Å². The maximum absolute atomic E-state index is 12.4. The summed E-state index contributed by atoms with van der Waals surface area (Å²) in [5.74, 6) is 0.590. The molecule has 0 saturated heterocycles. The zero-order chi connectivity index (χ0) is 21.0. The molecular formula is C23H25N3O2S.